The van der Waals surface area contributed by atoms with Gasteiger partial charge in [-0.2, -0.15) is 0 Å². The Labute approximate surface area is 208 Å². The molecule has 7 nitrogen and oxygen atoms in total. The lowest BCUT2D eigenvalue weighted by molar-refractivity contribution is -0.903. The first-order valence-electron chi connectivity index (χ1n) is 12.3. The van der Waals surface area contributed by atoms with Crippen molar-refractivity contribution in [3.63, 3.8) is 0 Å². The predicted octanol–water partition coefficient (Wildman–Crippen LogP) is 4.05. The van der Waals surface area contributed by atoms with Crippen LogP contribution in [0.25, 0.3) is 0 Å². The summed E-state index contributed by atoms with van der Waals surface area (Å²) in [6.45, 7) is 1.38. The molecule has 8 heteroatoms. The molecule has 1 heterocycles. The number of hydrogen-bond acceptors (Lipinski definition) is 5. The highest BCUT2D eigenvalue weighted by Crippen LogP contribution is 2.43. The molecule has 0 amide bonds. The minimum Gasteiger partial charge on any atom is -0.436 e. The normalized spacial score (nSPS) is 17.2. The summed E-state index contributed by atoms with van der Waals surface area (Å²) >= 11 is 0. The van der Waals surface area contributed by atoms with Gasteiger partial charge in [0.15, 0.2) is 11.4 Å². The van der Waals surface area contributed by atoms with Gasteiger partial charge in [-0.15, -0.1) is 0 Å². The molecule has 0 radical (unpaired) electrons. The van der Waals surface area contributed by atoms with Gasteiger partial charge in [0, 0.05) is 5.92 Å². The van der Waals surface area contributed by atoms with E-state index in [9.17, 15) is 13.5 Å². The van der Waals surface area contributed by atoms with E-state index in [1.165, 1.54) is 6.42 Å². The molecular formula is C27H36N3O4S+. The van der Waals surface area contributed by atoms with Crippen molar-refractivity contribution in [1.29, 1.82) is 0 Å². The molecule has 0 saturated heterocycles. The summed E-state index contributed by atoms with van der Waals surface area (Å²) in [5.41, 5.74) is -0.452. The first-order chi connectivity index (χ1) is 16.7. The van der Waals surface area contributed by atoms with Crippen LogP contribution >= 0.6 is 0 Å². The van der Waals surface area contributed by atoms with Crippen molar-refractivity contribution in [1.82, 2.24) is 9.71 Å². The fraction of sp³-hybridized carbons (Fsp3) is 0.444. The summed E-state index contributed by atoms with van der Waals surface area (Å²) in [6, 6.07) is 18.1. The number of oxazole rings is 1. The Hall–Kier alpha value is -2.52. The maximum atomic E-state index is 12.5. The van der Waals surface area contributed by atoms with Gasteiger partial charge in [-0.25, -0.2) is 18.1 Å². The molecule has 1 saturated carbocycles. The van der Waals surface area contributed by atoms with Crippen LogP contribution < -0.4 is 4.72 Å². The van der Waals surface area contributed by atoms with Crippen LogP contribution in [-0.2, 0) is 22.2 Å². The van der Waals surface area contributed by atoms with Crippen LogP contribution in [0.1, 0.15) is 49.3 Å². The van der Waals surface area contributed by atoms with Crippen LogP contribution in [-0.4, -0.2) is 50.2 Å². The van der Waals surface area contributed by atoms with Crippen molar-refractivity contribution >= 4 is 10.0 Å². The lowest BCUT2D eigenvalue weighted by Gasteiger charge is -2.36. The lowest BCUT2D eigenvalue weighted by Crippen LogP contribution is -2.44. The number of nitrogens with one attached hydrogen (secondary N) is 1. The van der Waals surface area contributed by atoms with E-state index in [1.807, 2.05) is 44.4 Å². The van der Waals surface area contributed by atoms with Crippen molar-refractivity contribution in [2.75, 3.05) is 27.2 Å². The zero-order valence-electron chi connectivity index (χ0n) is 20.6. The molecule has 0 unspecified atom stereocenters. The molecule has 4 rings (SSSR count). The molecular weight excluding hydrogens is 462 g/mol. The molecule has 0 bridgehead atoms. The van der Waals surface area contributed by atoms with E-state index in [2.05, 4.69) is 9.71 Å². The number of likely N-dealkylation sites (N-methyl/N-ethyl adjacent to an activating group) is 1. The fourth-order valence-corrected chi connectivity index (χ4v) is 6.01. The summed E-state index contributed by atoms with van der Waals surface area (Å²) in [4.78, 5) is 4.80. The van der Waals surface area contributed by atoms with Crippen LogP contribution in [0.5, 0.6) is 0 Å². The standard InChI is InChI=1S/C27H36N3O4S/c1-30(2,19-18-29-35(32,33)25-16-10-5-11-17-25)21-24-20-28-26(34-24)27(31,22-12-6-3-7-13-22)23-14-8-4-9-15-23/h3,5-7,10-13,16-17,20,23,29,31H,4,8-9,14-15,18-19,21H2,1-2H3/q+1/t27-/m0/s1. The Bertz CT molecular complexity index is 1190. The molecule has 1 fully saturated rings. The third kappa shape index (κ3) is 6.01. The van der Waals surface area contributed by atoms with Crippen LogP contribution in [0.2, 0.25) is 0 Å². The van der Waals surface area contributed by atoms with Crippen LogP contribution in [0, 0.1) is 5.92 Å². The van der Waals surface area contributed by atoms with Crippen LogP contribution in [0.4, 0.5) is 0 Å². The maximum Gasteiger partial charge on any atom is 0.240 e. The first kappa shape index (κ1) is 25.6. The van der Waals surface area contributed by atoms with Crippen molar-refractivity contribution in [2.45, 2.75) is 49.1 Å². The highest BCUT2D eigenvalue weighted by Gasteiger charge is 2.44. The fourth-order valence-electron chi connectivity index (χ4n) is 4.97. The molecule has 3 aromatic rings. The zero-order chi connectivity index (χ0) is 24.9. The second-order valence-electron chi connectivity index (χ2n) is 10.1. The van der Waals surface area contributed by atoms with Gasteiger partial charge < -0.3 is 14.0 Å². The highest BCUT2D eigenvalue weighted by atomic mass is 32.2. The summed E-state index contributed by atoms with van der Waals surface area (Å²) in [5, 5.41) is 12.0. The average molecular weight is 499 g/mol. The third-order valence-electron chi connectivity index (χ3n) is 6.94. The Morgan fingerprint density at radius 1 is 1.03 bits per heavy atom. The number of aliphatic hydroxyl groups is 1. The Kier molecular flexibility index (Phi) is 7.76. The van der Waals surface area contributed by atoms with E-state index < -0.39 is 15.6 Å². The minimum atomic E-state index is -3.54. The number of hydrogen-bond donors (Lipinski definition) is 2. The van der Waals surface area contributed by atoms with Gasteiger partial charge in [-0.05, 0) is 30.5 Å². The van der Waals surface area contributed by atoms with Crippen LogP contribution in [0.15, 0.2) is 76.2 Å². The molecule has 2 N–H and O–H groups in total. The number of nitrogens with zero attached hydrogens (tertiary/aromatic N) is 2. The smallest absolute Gasteiger partial charge is 0.240 e. The molecule has 0 aliphatic heterocycles. The summed E-state index contributed by atoms with van der Waals surface area (Å²) < 4.78 is 34.4. The summed E-state index contributed by atoms with van der Waals surface area (Å²) in [7, 11) is 0.492. The number of sulfonamides is 1. The SMILES string of the molecule is C[N+](C)(CCNS(=O)(=O)c1ccccc1)Cc1cnc([C@](O)(c2ccccc2)C2CCCCC2)o1. The second-order valence-corrected chi connectivity index (χ2v) is 11.9. The summed E-state index contributed by atoms with van der Waals surface area (Å²) in [6.07, 6.45) is 6.95. The van der Waals surface area contributed by atoms with Gasteiger partial charge in [0.2, 0.25) is 15.9 Å². The van der Waals surface area contributed by atoms with E-state index in [1.54, 1.807) is 36.5 Å². The van der Waals surface area contributed by atoms with Crippen molar-refractivity contribution < 1.29 is 22.4 Å². The third-order valence-corrected chi connectivity index (χ3v) is 8.41. The number of benzene rings is 2. The maximum absolute atomic E-state index is 12.5. The zero-order valence-corrected chi connectivity index (χ0v) is 21.4. The van der Waals surface area contributed by atoms with E-state index >= 15 is 0 Å². The lowest BCUT2D eigenvalue weighted by atomic mass is 9.73. The number of aromatic nitrogens is 1. The quantitative estimate of drug-likeness (QED) is 0.412. The van der Waals surface area contributed by atoms with Gasteiger partial charge >= 0.3 is 0 Å². The van der Waals surface area contributed by atoms with E-state index in [-0.39, 0.29) is 10.8 Å². The Balaban J connectivity index is 1.45. The van der Waals surface area contributed by atoms with Crippen molar-refractivity contribution in [3.05, 3.63) is 84.1 Å². The molecule has 1 aliphatic carbocycles. The number of rotatable bonds is 10. The topological polar surface area (TPSA) is 92.4 Å². The van der Waals surface area contributed by atoms with Gasteiger partial charge in [0.25, 0.3) is 0 Å². The van der Waals surface area contributed by atoms with Gasteiger partial charge in [0.1, 0.15) is 6.54 Å². The molecule has 1 aliphatic rings. The van der Waals surface area contributed by atoms with E-state index in [0.717, 1.165) is 31.2 Å². The second kappa shape index (κ2) is 10.6. The molecule has 188 valence electrons. The minimum absolute atomic E-state index is 0.0556. The Morgan fingerprint density at radius 3 is 2.31 bits per heavy atom. The first-order valence-corrected chi connectivity index (χ1v) is 13.8. The monoisotopic (exact) mass is 498 g/mol. The van der Waals surface area contributed by atoms with E-state index in [0.29, 0.717) is 35.8 Å². The van der Waals surface area contributed by atoms with Crippen molar-refractivity contribution in [3.8, 4) is 0 Å². The molecule has 1 atom stereocenters. The largest absolute Gasteiger partial charge is 0.436 e. The number of quaternary nitrogens is 1. The summed E-state index contributed by atoms with van der Waals surface area (Å²) in [5.74, 6) is 1.07. The molecule has 2 aromatic carbocycles. The van der Waals surface area contributed by atoms with Gasteiger partial charge in [0.05, 0.1) is 38.3 Å². The van der Waals surface area contributed by atoms with E-state index in [4.69, 9.17) is 4.42 Å². The molecule has 1 aromatic heterocycles. The molecule has 35 heavy (non-hydrogen) atoms. The average Bonchev–Trinajstić information content (AvgIpc) is 3.33. The molecule has 0 spiro atoms. The predicted molar refractivity (Wildman–Crippen MR) is 135 cm³/mol. The van der Waals surface area contributed by atoms with Crippen molar-refractivity contribution in [2.24, 2.45) is 5.92 Å². The van der Waals surface area contributed by atoms with Gasteiger partial charge in [-0.1, -0.05) is 67.8 Å². The van der Waals surface area contributed by atoms with Gasteiger partial charge in [-0.3, -0.25) is 0 Å². The van der Waals surface area contributed by atoms with Crippen LogP contribution in [0.3, 0.4) is 0 Å². The highest BCUT2D eigenvalue weighted by molar-refractivity contribution is 7.89. The Morgan fingerprint density at radius 2 is 1.66 bits per heavy atom.